The van der Waals surface area contributed by atoms with E-state index < -0.39 is 0 Å². The van der Waals surface area contributed by atoms with E-state index in [1.165, 1.54) is 38.8 Å². The summed E-state index contributed by atoms with van der Waals surface area (Å²) >= 11 is 0. The normalized spacial score (nSPS) is 17.5. The number of rotatable bonds is 11. The number of pyridine rings is 1. The summed E-state index contributed by atoms with van der Waals surface area (Å²) in [4.78, 5) is 9.93. The van der Waals surface area contributed by atoms with Crippen LogP contribution in [-0.4, -0.2) is 74.8 Å². The molecule has 0 atom stereocenters. The van der Waals surface area contributed by atoms with Crippen molar-refractivity contribution in [1.29, 1.82) is 0 Å². The smallest absolute Gasteiger partial charge is 0.163 e. The van der Waals surface area contributed by atoms with Crippen LogP contribution in [0.5, 0.6) is 11.5 Å². The maximum atomic E-state index is 6.23. The lowest BCUT2D eigenvalue weighted by Crippen LogP contribution is -2.32. The van der Waals surface area contributed by atoms with E-state index in [1.54, 1.807) is 7.11 Å². The van der Waals surface area contributed by atoms with Gasteiger partial charge in [0.25, 0.3) is 0 Å². The largest absolute Gasteiger partial charge is 0.493 e. The van der Waals surface area contributed by atoms with E-state index in [4.69, 9.17) is 18.9 Å². The molecule has 0 spiro atoms. The molecule has 37 heavy (non-hydrogen) atoms. The highest BCUT2D eigenvalue weighted by Gasteiger charge is 2.19. The van der Waals surface area contributed by atoms with Gasteiger partial charge in [-0.2, -0.15) is 0 Å². The van der Waals surface area contributed by atoms with Gasteiger partial charge in [-0.15, -0.1) is 0 Å². The Morgan fingerprint density at radius 2 is 1.86 bits per heavy atom. The van der Waals surface area contributed by atoms with Gasteiger partial charge in [-0.3, -0.25) is 0 Å². The molecule has 2 fully saturated rings. The maximum absolute atomic E-state index is 6.23. The Morgan fingerprint density at radius 1 is 1.05 bits per heavy atom. The number of likely N-dealkylation sites (tertiary alicyclic amines) is 2. The van der Waals surface area contributed by atoms with Crippen LogP contribution in [0, 0.1) is 5.92 Å². The number of fused-ring (bicyclic) bond motifs is 1. The minimum Gasteiger partial charge on any atom is -0.493 e. The third-order valence-electron chi connectivity index (χ3n) is 7.85. The molecule has 4 heterocycles. The van der Waals surface area contributed by atoms with Crippen LogP contribution < -0.4 is 14.8 Å². The topological polar surface area (TPSA) is 63.0 Å². The van der Waals surface area contributed by atoms with Crippen molar-refractivity contribution < 1.29 is 13.9 Å². The Morgan fingerprint density at radius 3 is 2.59 bits per heavy atom. The van der Waals surface area contributed by atoms with Crippen LogP contribution in [0.25, 0.3) is 22.4 Å². The Labute approximate surface area is 221 Å². The van der Waals surface area contributed by atoms with Gasteiger partial charge >= 0.3 is 0 Å². The van der Waals surface area contributed by atoms with E-state index in [0.717, 1.165) is 84.3 Å². The molecule has 0 unspecified atom stereocenters. The molecule has 2 aliphatic rings. The number of nitrogens with one attached hydrogen (secondary N) is 1. The SMILES string of the molecule is CCc1ccc(-c2cc(NCC3CCN(C)CC3)c3cc(OC)c(OCCCN4CCCC4)cc3n2)o1. The van der Waals surface area contributed by atoms with Crippen LogP contribution in [0.2, 0.25) is 0 Å². The van der Waals surface area contributed by atoms with E-state index in [9.17, 15) is 0 Å². The quantitative estimate of drug-likeness (QED) is 0.336. The zero-order valence-electron chi connectivity index (χ0n) is 22.7. The minimum absolute atomic E-state index is 0.664. The molecular weight excluding hydrogens is 464 g/mol. The Bertz CT molecular complexity index is 1160. The first-order chi connectivity index (χ1) is 18.1. The van der Waals surface area contributed by atoms with Gasteiger partial charge in [-0.25, -0.2) is 4.98 Å². The van der Waals surface area contributed by atoms with E-state index in [-0.39, 0.29) is 0 Å². The first-order valence-electron chi connectivity index (χ1n) is 14.0. The number of ether oxygens (including phenoxy) is 2. The predicted octanol–water partition coefficient (Wildman–Crippen LogP) is 5.68. The molecule has 2 aromatic heterocycles. The number of anilines is 1. The first kappa shape index (κ1) is 25.9. The van der Waals surface area contributed by atoms with Crippen LogP contribution in [0.15, 0.2) is 34.7 Å². The summed E-state index contributed by atoms with van der Waals surface area (Å²) in [6.45, 7) is 9.55. The van der Waals surface area contributed by atoms with E-state index in [1.807, 2.05) is 18.2 Å². The van der Waals surface area contributed by atoms with Crippen LogP contribution in [0.3, 0.4) is 0 Å². The zero-order valence-corrected chi connectivity index (χ0v) is 22.7. The molecule has 0 aliphatic carbocycles. The lowest BCUT2D eigenvalue weighted by molar-refractivity contribution is 0.226. The number of piperidine rings is 1. The molecule has 200 valence electrons. The first-order valence-corrected chi connectivity index (χ1v) is 14.0. The zero-order chi connectivity index (χ0) is 25.6. The van der Waals surface area contributed by atoms with Gasteiger partial charge in [-0.1, -0.05) is 6.92 Å². The van der Waals surface area contributed by atoms with Crippen LogP contribution in [0.1, 0.15) is 44.8 Å². The number of furan rings is 1. The summed E-state index contributed by atoms with van der Waals surface area (Å²) in [6.07, 6.45) is 6.94. The molecule has 7 heteroatoms. The van der Waals surface area contributed by atoms with Crippen LogP contribution >= 0.6 is 0 Å². The fourth-order valence-corrected chi connectivity index (χ4v) is 5.48. The number of aryl methyl sites for hydroxylation is 1. The van der Waals surface area contributed by atoms with Crippen LogP contribution in [0.4, 0.5) is 5.69 Å². The van der Waals surface area contributed by atoms with Crippen molar-refractivity contribution in [2.75, 3.05) is 65.3 Å². The summed E-state index contributed by atoms with van der Waals surface area (Å²) in [6, 6.07) is 10.3. The number of methoxy groups -OCH3 is 1. The molecule has 0 radical (unpaired) electrons. The highest BCUT2D eigenvalue weighted by Crippen LogP contribution is 2.37. The molecule has 2 saturated heterocycles. The van der Waals surface area contributed by atoms with E-state index in [2.05, 4.69) is 41.2 Å². The minimum atomic E-state index is 0.664. The molecule has 5 rings (SSSR count). The van der Waals surface area contributed by atoms with Crippen molar-refractivity contribution >= 4 is 16.6 Å². The summed E-state index contributed by atoms with van der Waals surface area (Å²) in [7, 11) is 3.92. The molecule has 7 nitrogen and oxygen atoms in total. The van der Waals surface area contributed by atoms with Crippen molar-refractivity contribution in [2.45, 2.75) is 45.4 Å². The standard InChI is InChI=1S/C30H42N4O3/c1-4-23-8-9-28(37-23)27-19-25(31-21-22-10-15-33(2)16-11-22)24-18-29(35-3)30(20-26(24)32-27)36-17-7-14-34-12-5-6-13-34/h8-9,18-20,22H,4-7,10-17,21H2,1-3H3,(H,31,32). The Balaban J connectivity index is 1.40. The predicted molar refractivity (Wildman–Crippen MR) is 150 cm³/mol. The summed E-state index contributed by atoms with van der Waals surface area (Å²) in [5.74, 6) is 3.92. The third kappa shape index (κ3) is 6.39. The molecule has 0 saturated carbocycles. The van der Waals surface area contributed by atoms with Crippen molar-refractivity contribution in [1.82, 2.24) is 14.8 Å². The molecular formula is C30H42N4O3. The second kappa shape index (κ2) is 12.2. The lowest BCUT2D eigenvalue weighted by Gasteiger charge is -2.29. The fraction of sp³-hybridized carbons (Fsp3) is 0.567. The Hall–Kier alpha value is -2.77. The van der Waals surface area contributed by atoms with E-state index in [0.29, 0.717) is 12.5 Å². The number of nitrogens with zero attached hydrogens (tertiary/aromatic N) is 3. The van der Waals surface area contributed by atoms with Crippen molar-refractivity contribution in [3.05, 3.63) is 36.1 Å². The van der Waals surface area contributed by atoms with Gasteiger partial charge < -0.3 is 29.0 Å². The van der Waals surface area contributed by atoms with Crippen molar-refractivity contribution in [2.24, 2.45) is 5.92 Å². The fourth-order valence-electron chi connectivity index (χ4n) is 5.48. The molecule has 0 amide bonds. The van der Waals surface area contributed by atoms with Gasteiger partial charge in [-0.05, 0) is 95.5 Å². The van der Waals surface area contributed by atoms with Gasteiger partial charge in [0.05, 0.1) is 19.2 Å². The lowest BCUT2D eigenvalue weighted by atomic mass is 9.97. The number of hydrogen-bond acceptors (Lipinski definition) is 7. The van der Waals surface area contributed by atoms with Crippen molar-refractivity contribution in [3.63, 3.8) is 0 Å². The summed E-state index contributed by atoms with van der Waals surface area (Å²) in [5.41, 5.74) is 2.78. The molecule has 0 bridgehead atoms. The van der Waals surface area contributed by atoms with Crippen molar-refractivity contribution in [3.8, 4) is 23.0 Å². The summed E-state index contributed by atoms with van der Waals surface area (Å²) < 4.78 is 18.1. The average Bonchev–Trinajstić information content (AvgIpc) is 3.62. The van der Waals surface area contributed by atoms with Gasteiger partial charge in [0, 0.05) is 36.7 Å². The van der Waals surface area contributed by atoms with Gasteiger partial charge in [0.2, 0.25) is 0 Å². The van der Waals surface area contributed by atoms with Gasteiger partial charge in [0.15, 0.2) is 17.3 Å². The second-order valence-corrected chi connectivity index (χ2v) is 10.6. The Kier molecular flexibility index (Phi) is 8.52. The molecule has 2 aliphatic heterocycles. The van der Waals surface area contributed by atoms with Crippen LogP contribution in [-0.2, 0) is 6.42 Å². The second-order valence-electron chi connectivity index (χ2n) is 10.6. The highest BCUT2D eigenvalue weighted by molar-refractivity contribution is 5.95. The average molecular weight is 507 g/mol. The van der Waals surface area contributed by atoms with E-state index >= 15 is 0 Å². The summed E-state index contributed by atoms with van der Waals surface area (Å²) in [5, 5.41) is 4.80. The molecule has 1 N–H and O–H groups in total. The maximum Gasteiger partial charge on any atom is 0.163 e. The third-order valence-corrected chi connectivity index (χ3v) is 7.85. The highest BCUT2D eigenvalue weighted by atomic mass is 16.5. The van der Waals surface area contributed by atoms with Gasteiger partial charge in [0.1, 0.15) is 11.5 Å². The monoisotopic (exact) mass is 506 g/mol. The number of hydrogen-bond donors (Lipinski definition) is 1. The number of benzene rings is 1. The molecule has 1 aromatic carbocycles. The molecule has 3 aromatic rings. The number of aromatic nitrogens is 1.